The number of nitro benzene ring substituents is 1. The Balaban J connectivity index is 2.24. The molecule has 0 bridgehead atoms. The van der Waals surface area contributed by atoms with Crippen molar-refractivity contribution in [1.82, 2.24) is 0 Å². The molecule has 0 amide bonds. The van der Waals surface area contributed by atoms with E-state index in [9.17, 15) is 10.1 Å². The SMILES string of the molecule is Nc1ccc(OC2CC2)cc1[N+](=O)[O-]. The fourth-order valence-corrected chi connectivity index (χ4v) is 1.13. The normalized spacial score (nSPS) is 15.1. The van der Waals surface area contributed by atoms with Crippen molar-refractivity contribution < 1.29 is 9.66 Å². The van der Waals surface area contributed by atoms with Crippen LogP contribution >= 0.6 is 0 Å². The van der Waals surface area contributed by atoms with Gasteiger partial charge in [0, 0.05) is 0 Å². The molecule has 0 radical (unpaired) electrons. The molecule has 1 aliphatic rings. The highest BCUT2D eigenvalue weighted by Gasteiger charge is 2.24. The molecule has 1 fully saturated rings. The highest BCUT2D eigenvalue weighted by Crippen LogP contribution is 2.31. The van der Waals surface area contributed by atoms with Crippen molar-refractivity contribution in [3.05, 3.63) is 28.3 Å². The third-order valence-electron chi connectivity index (χ3n) is 2.03. The molecule has 1 aromatic rings. The van der Waals surface area contributed by atoms with Gasteiger partial charge in [0.25, 0.3) is 5.69 Å². The van der Waals surface area contributed by atoms with E-state index in [1.807, 2.05) is 0 Å². The van der Waals surface area contributed by atoms with Gasteiger partial charge in [-0.3, -0.25) is 10.1 Å². The van der Waals surface area contributed by atoms with E-state index in [0.29, 0.717) is 5.75 Å². The van der Waals surface area contributed by atoms with Crippen LogP contribution in [0.15, 0.2) is 18.2 Å². The summed E-state index contributed by atoms with van der Waals surface area (Å²) in [6.45, 7) is 0. The maximum absolute atomic E-state index is 10.5. The maximum Gasteiger partial charge on any atom is 0.295 e. The lowest BCUT2D eigenvalue weighted by Crippen LogP contribution is -1.99. The molecule has 74 valence electrons. The van der Waals surface area contributed by atoms with Crippen LogP contribution in [0.2, 0.25) is 0 Å². The van der Waals surface area contributed by atoms with Crippen LogP contribution in [0.5, 0.6) is 5.75 Å². The lowest BCUT2D eigenvalue weighted by atomic mass is 10.2. The Bertz CT molecular complexity index is 374. The molecule has 0 spiro atoms. The summed E-state index contributed by atoms with van der Waals surface area (Å²) in [5.74, 6) is 0.522. The topological polar surface area (TPSA) is 78.4 Å². The van der Waals surface area contributed by atoms with Gasteiger partial charge in [0.15, 0.2) is 0 Å². The Kier molecular flexibility index (Phi) is 1.99. The molecule has 0 saturated heterocycles. The average molecular weight is 194 g/mol. The van der Waals surface area contributed by atoms with Crippen molar-refractivity contribution in [2.75, 3.05) is 5.73 Å². The van der Waals surface area contributed by atoms with Gasteiger partial charge in [0.05, 0.1) is 17.1 Å². The molecule has 0 atom stereocenters. The lowest BCUT2D eigenvalue weighted by Gasteiger charge is -2.04. The third-order valence-corrected chi connectivity index (χ3v) is 2.03. The molecule has 1 aliphatic carbocycles. The number of nitrogens with zero attached hydrogens (tertiary/aromatic N) is 1. The zero-order valence-electron chi connectivity index (χ0n) is 7.47. The first-order valence-corrected chi connectivity index (χ1v) is 4.37. The van der Waals surface area contributed by atoms with Gasteiger partial charge in [-0.25, -0.2) is 0 Å². The van der Waals surface area contributed by atoms with Gasteiger partial charge in [0.1, 0.15) is 11.4 Å². The van der Waals surface area contributed by atoms with E-state index in [2.05, 4.69) is 0 Å². The molecular formula is C9H10N2O3. The second kappa shape index (κ2) is 3.17. The minimum atomic E-state index is -0.505. The number of anilines is 1. The number of hydrogen-bond acceptors (Lipinski definition) is 4. The third kappa shape index (κ3) is 1.76. The first-order chi connectivity index (χ1) is 6.66. The maximum atomic E-state index is 10.5. The number of hydrogen-bond donors (Lipinski definition) is 1. The number of nitrogens with two attached hydrogens (primary N) is 1. The molecule has 1 aromatic carbocycles. The number of nitro groups is 1. The standard InChI is InChI=1S/C9H10N2O3/c10-8-4-3-7(14-6-1-2-6)5-9(8)11(12)13/h3-6H,1-2,10H2. The highest BCUT2D eigenvalue weighted by molar-refractivity contribution is 5.60. The van der Waals surface area contributed by atoms with Crippen molar-refractivity contribution >= 4 is 11.4 Å². The van der Waals surface area contributed by atoms with Gasteiger partial charge in [0.2, 0.25) is 0 Å². The summed E-state index contributed by atoms with van der Waals surface area (Å²) in [4.78, 5) is 10.0. The van der Waals surface area contributed by atoms with Crippen molar-refractivity contribution in [3.8, 4) is 5.75 Å². The zero-order chi connectivity index (χ0) is 10.1. The van der Waals surface area contributed by atoms with E-state index in [1.54, 1.807) is 6.07 Å². The van der Waals surface area contributed by atoms with Crippen LogP contribution in [0, 0.1) is 10.1 Å². The van der Waals surface area contributed by atoms with E-state index in [-0.39, 0.29) is 17.5 Å². The minimum Gasteiger partial charge on any atom is -0.490 e. The molecule has 0 aliphatic heterocycles. The van der Waals surface area contributed by atoms with Gasteiger partial charge < -0.3 is 10.5 Å². The molecule has 0 heterocycles. The van der Waals surface area contributed by atoms with Gasteiger partial charge in [-0.15, -0.1) is 0 Å². The molecule has 0 aromatic heterocycles. The van der Waals surface area contributed by atoms with Crippen LogP contribution in [0.25, 0.3) is 0 Å². The first kappa shape index (κ1) is 8.80. The van der Waals surface area contributed by atoms with Crippen LogP contribution < -0.4 is 10.5 Å². The van der Waals surface area contributed by atoms with Crippen molar-refractivity contribution in [1.29, 1.82) is 0 Å². The summed E-state index contributed by atoms with van der Waals surface area (Å²) >= 11 is 0. The molecule has 2 rings (SSSR count). The van der Waals surface area contributed by atoms with Crippen LogP contribution in [0.3, 0.4) is 0 Å². The first-order valence-electron chi connectivity index (χ1n) is 4.37. The number of ether oxygens (including phenoxy) is 1. The number of rotatable bonds is 3. The van der Waals surface area contributed by atoms with Crippen LogP contribution in [-0.2, 0) is 0 Å². The van der Waals surface area contributed by atoms with Gasteiger partial charge in [-0.2, -0.15) is 0 Å². The molecule has 5 heteroatoms. The predicted molar refractivity (Wildman–Crippen MR) is 51.2 cm³/mol. The fraction of sp³-hybridized carbons (Fsp3) is 0.333. The van der Waals surface area contributed by atoms with E-state index < -0.39 is 4.92 Å². The highest BCUT2D eigenvalue weighted by atomic mass is 16.6. The Hall–Kier alpha value is -1.78. The second-order valence-electron chi connectivity index (χ2n) is 3.29. The molecule has 5 nitrogen and oxygen atoms in total. The monoisotopic (exact) mass is 194 g/mol. The van der Waals surface area contributed by atoms with Crippen LogP contribution in [-0.4, -0.2) is 11.0 Å². The Morgan fingerprint density at radius 1 is 1.50 bits per heavy atom. The summed E-state index contributed by atoms with van der Waals surface area (Å²) in [6.07, 6.45) is 2.29. The lowest BCUT2D eigenvalue weighted by molar-refractivity contribution is -0.384. The van der Waals surface area contributed by atoms with Crippen molar-refractivity contribution in [3.63, 3.8) is 0 Å². The van der Waals surface area contributed by atoms with Gasteiger partial charge in [-0.05, 0) is 25.0 Å². The Labute approximate surface area is 80.6 Å². The zero-order valence-corrected chi connectivity index (χ0v) is 7.47. The largest absolute Gasteiger partial charge is 0.490 e. The van der Waals surface area contributed by atoms with Gasteiger partial charge in [-0.1, -0.05) is 0 Å². The summed E-state index contributed by atoms with van der Waals surface area (Å²) in [5, 5.41) is 10.5. The van der Waals surface area contributed by atoms with Crippen LogP contribution in [0.1, 0.15) is 12.8 Å². The second-order valence-corrected chi connectivity index (χ2v) is 3.29. The smallest absolute Gasteiger partial charge is 0.295 e. The summed E-state index contributed by atoms with van der Waals surface area (Å²) in [6, 6.07) is 4.52. The van der Waals surface area contributed by atoms with E-state index in [4.69, 9.17) is 10.5 Å². The van der Waals surface area contributed by atoms with Gasteiger partial charge >= 0.3 is 0 Å². The number of benzene rings is 1. The molecule has 2 N–H and O–H groups in total. The van der Waals surface area contributed by atoms with E-state index >= 15 is 0 Å². The quantitative estimate of drug-likeness (QED) is 0.451. The Morgan fingerprint density at radius 2 is 2.21 bits per heavy atom. The average Bonchev–Trinajstić information content (AvgIpc) is 2.92. The molecule has 14 heavy (non-hydrogen) atoms. The summed E-state index contributed by atoms with van der Waals surface area (Å²) < 4.78 is 5.41. The van der Waals surface area contributed by atoms with Crippen molar-refractivity contribution in [2.45, 2.75) is 18.9 Å². The molecule has 0 unspecified atom stereocenters. The molecule has 1 saturated carbocycles. The summed E-state index contributed by atoms with van der Waals surface area (Å²) in [7, 11) is 0. The Morgan fingerprint density at radius 3 is 2.79 bits per heavy atom. The van der Waals surface area contributed by atoms with E-state index in [0.717, 1.165) is 12.8 Å². The predicted octanol–water partition coefficient (Wildman–Crippen LogP) is 1.72. The summed E-state index contributed by atoms with van der Waals surface area (Å²) in [5.41, 5.74) is 5.51. The number of nitrogen functional groups attached to an aromatic ring is 1. The fourth-order valence-electron chi connectivity index (χ4n) is 1.13. The van der Waals surface area contributed by atoms with E-state index in [1.165, 1.54) is 12.1 Å². The van der Waals surface area contributed by atoms with Crippen molar-refractivity contribution in [2.24, 2.45) is 0 Å². The van der Waals surface area contributed by atoms with Crippen LogP contribution in [0.4, 0.5) is 11.4 Å². The molecular weight excluding hydrogens is 184 g/mol. The minimum absolute atomic E-state index is 0.0943.